The fourth-order valence-corrected chi connectivity index (χ4v) is 1.65. The third-order valence-electron chi connectivity index (χ3n) is 2.68. The molecule has 0 saturated carbocycles. The lowest BCUT2D eigenvalue weighted by atomic mass is 10.2. The first-order valence-electron chi connectivity index (χ1n) is 6.15. The van der Waals surface area contributed by atoms with Crippen LogP contribution in [-0.4, -0.2) is 33.3 Å². The van der Waals surface area contributed by atoms with E-state index < -0.39 is 0 Å². The van der Waals surface area contributed by atoms with Gasteiger partial charge in [0.15, 0.2) is 0 Å². The zero-order valence-electron chi connectivity index (χ0n) is 10.8. The van der Waals surface area contributed by atoms with Crippen molar-refractivity contribution in [1.29, 1.82) is 0 Å². The van der Waals surface area contributed by atoms with Crippen molar-refractivity contribution in [2.75, 3.05) is 6.54 Å². The van der Waals surface area contributed by atoms with Gasteiger partial charge in [-0.2, -0.15) is 5.10 Å². The SMILES string of the molecule is CC(N)CCNC(=O)c1cccc(-n2cncn2)c1. The first-order chi connectivity index (χ1) is 9.16. The van der Waals surface area contributed by atoms with Crippen LogP contribution in [0.3, 0.4) is 0 Å². The molecule has 0 aliphatic heterocycles. The normalized spacial score (nSPS) is 12.1. The second-order valence-corrected chi connectivity index (χ2v) is 4.41. The van der Waals surface area contributed by atoms with E-state index in [2.05, 4.69) is 15.4 Å². The first kappa shape index (κ1) is 13.2. The molecule has 1 aromatic carbocycles. The zero-order chi connectivity index (χ0) is 13.7. The molecule has 1 unspecified atom stereocenters. The molecule has 1 amide bonds. The van der Waals surface area contributed by atoms with E-state index in [4.69, 9.17) is 5.73 Å². The molecule has 19 heavy (non-hydrogen) atoms. The van der Waals surface area contributed by atoms with E-state index in [-0.39, 0.29) is 11.9 Å². The molecule has 0 saturated heterocycles. The number of hydrogen-bond acceptors (Lipinski definition) is 4. The summed E-state index contributed by atoms with van der Waals surface area (Å²) in [7, 11) is 0. The van der Waals surface area contributed by atoms with Crippen LogP contribution in [0.5, 0.6) is 0 Å². The average Bonchev–Trinajstić information content (AvgIpc) is 2.92. The molecule has 0 fully saturated rings. The lowest BCUT2D eigenvalue weighted by Crippen LogP contribution is -2.29. The molecule has 0 radical (unpaired) electrons. The topological polar surface area (TPSA) is 85.8 Å². The zero-order valence-corrected chi connectivity index (χ0v) is 10.8. The van der Waals surface area contributed by atoms with Gasteiger partial charge in [-0.05, 0) is 31.5 Å². The highest BCUT2D eigenvalue weighted by Gasteiger charge is 2.07. The molecule has 0 aliphatic rings. The highest BCUT2D eigenvalue weighted by Crippen LogP contribution is 2.08. The van der Waals surface area contributed by atoms with Gasteiger partial charge in [0.2, 0.25) is 0 Å². The highest BCUT2D eigenvalue weighted by molar-refractivity contribution is 5.94. The van der Waals surface area contributed by atoms with Crippen molar-refractivity contribution in [3.8, 4) is 5.69 Å². The molecule has 2 rings (SSSR count). The summed E-state index contributed by atoms with van der Waals surface area (Å²) in [6.45, 7) is 2.49. The largest absolute Gasteiger partial charge is 0.352 e. The fraction of sp³-hybridized carbons (Fsp3) is 0.308. The number of nitrogens with one attached hydrogen (secondary N) is 1. The van der Waals surface area contributed by atoms with Crippen molar-refractivity contribution in [1.82, 2.24) is 20.1 Å². The van der Waals surface area contributed by atoms with E-state index in [0.29, 0.717) is 12.1 Å². The lowest BCUT2D eigenvalue weighted by Gasteiger charge is -2.08. The Bertz CT molecular complexity index is 536. The van der Waals surface area contributed by atoms with Crippen LogP contribution in [0.4, 0.5) is 0 Å². The third-order valence-corrected chi connectivity index (χ3v) is 2.68. The highest BCUT2D eigenvalue weighted by atomic mass is 16.1. The molecule has 2 aromatic rings. The van der Waals surface area contributed by atoms with Gasteiger partial charge in [0, 0.05) is 18.2 Å². The van der Waals surface area contributed by atoms with E-state index in [1.165, 1.54) is 6.33 Å². The maximum atomic E-state index is 12.0. The summed E-state index contributed by atoms with van der Waals surface area (Å²) < 4.78 is 1.61. The van der Waals surface area contributed by atoms with Gasteiger partial charge in [0.05, 0.1) is 5.69 Å². The van der Waals surface area contributed by atoms with Gasteiger partial charge in [-0.25, -0.2) is 9.67 Å². The Morgan fingerprint density at radius 1 is 1.53 bits per heavy atom. The van der Waals surface area contributed by atoms with Crippen LogP contribution in [0.2, 0.25) is 0 Å². The van der Waals surface area contributed by atoms with E-state index in [1.54, 1.807) is 23.1 Å². The summed E-state index contributed by atoms with van der Waals surface area (Å²) in [5.74, 6) is -0.109. The van der Waals surface area contributed by atoms with E-state index in [1.807, 2.05) is 19.1 Å². The monoisotopic (exact) mass is 259 g/mol. The van der Waals surface area contributed by atoms with Gasteiger partial charge in [0.25, 0.3) is 5.91 Å². The maximum absolute atomic E-state index is 12.0. The Labute approximate surface area is 111 Å². The van der Waals surface area contributed by atoms with E-state index in [0.717, 1.165) is 12.1 Å². The predicted octanol–water partition coefficient (Wildman–Crippen LogP) is 0.734. The van der Waals surface area contributed by atoms with Crippen molar-refractivity contribution in [2.24, 2.45) is 5.73 Å². The minimum Gasteiger partial charge on any atom is -0.352 e. The van der Waals surface area contributed by atoms with Gasteiger partial charge < -0.3 is 11.1 Å². The van der Waals surface area contributed by atoms with E-state index in [9.17, 15) is 4.79 Å². The third kappa shape index (κ3) is 3.62. The standard InChI is InChI=1S/C13H17N5O/c1-10(14)5-6-16-13(19)11-3-2-4-12(7-11)18-9-15-8-17-18/h2-4,7-10H,5-6,14H2,1H3,(H,16,19). The predicted molar refractivity (Wildman–Crippen MR) is 72.0 cm³/mol. The number of nitrogens with two attached hydrogens (primary N) is 1. The summed E-state index contributed by atoms with van der Waals surface area (Å²) >= 11 is 0. The molecule has 1 heterocycles. The van der Waals surface area contributed by atoms with Crippen LogP contribution in [0, 0.1) is 0 Å². The Balaban J connectivity index is 2.04. The van der Waals surface area contributed by atoms with Crippen LogP contribution < -0.4 is 11.1 Å². The summed E-state index contributed by atoms with van der Waals surface area (Å²) in [6, 6.07) is 7.31. The molecule has 0 spiro atoms. The average molecular weight is 259 g/mol. The molecule has 6 heteroatoms. The molecule has 1 atom stereocenters. The van der Waals surface area contributed by atoms with Gasteiger partial charge >= 0.3 is 0 Å². The summed E-state index contributed by atoms with van der Waals surface area (Å²) in [6.07, 6.45) is 3.80. The molecule has 6 nitrogen and oxygen atoms in total. The number of hydrogen-bond donors (Lipinski definition) is 2. The Morgan fingerprint density at radius 2 is 2.37 bits per heavy atom. The van der Waals surface area contributed by atoms with E-state index >= 15 is 0 Å². The van der Waals surface area contributed by atoms with Crippen molar-refractivity contribution in [3.05, 3.63) is 42.5 Å². The molecule has 1 aromatic heterocycles. The molecule has 0 aliphatic carbocycles. The van der Waals surface area contributed by atoms with Crippen LogP contribution in [0.25, 0.3) is 5.69 Å². The van der Waals surface area contributed by atoms with Crippen LogP contribution in [-0.2, 0) is 0 Å². The number of carbonyl (C=O) groups excluding carboxylic acids is 1. The second kappa shape index (κ2) is 6.10. The molecular weight excluding hydrogens is 242 g/mol. The Kier molecular flexibility index (Phi) is 4.25. The first-order valence-corrected chi connectivity index (χ1v) is 6.15. The van der Waals surface area contributed by atoms with Gasteiger partial charge in [-0.3, -0.25) is 4.79 Å². The summed E-state index contributed by atoms with van der Waals surface area (Å²) in [5.41, 5.74) is 7.03. The number of amides is 1. The molecule has 100 valence electrons. The molecule has 0 bridgehead atoms. The number of rotatable bonds is 5. The van der Waals surface area contributed by atoms with Crippen LogP contribution in [0.15, 0.2) is 36.9 Å². The Hall–Kier alpha value is -2.21. The summed E-state index contributed by atoms with van der Waals surface area (Å²) in [5, 5.41) is 6.87. The van der Waals surface area contributed by atoms with Crippen LogP contribution >= 0.6 is 0 Å². The minimum absolute atomic E-state index is 0.0850. The number of carbonyl (C=O) groups is 1. The fourth-order valence-electron chi connectivity index (χ4n) is 1.65. The van der Waals surface area contributed by atoms with Crippen molar-refractivity contribution in [2.45, 2.75) is 19.4 Å². The molecule has 3 N–H and O–H groups in total. The van der Waals surface area contributed by atoms with Gasteiger partial charge in [0.1, 0.15) is 12.7 Å². The Morgan fingerprint density at radius 3 is 3.05 bits per heavy atom. The number of nitrogens with zero attached hydrogens (tertiary/aromatic N) is 3. The molecular formula is C13H17N5O. The quantitative estimate of drug-likeness (QED) is 0.829. The summed E-state index contributed by atoms with van der Waals surface area (Å²) in [4.78, 5) is 15.8. The van der Waals surface area contributed by atoms with Crippen molar-refractivity contribution in [3.63, 3.8) is 0 Å². The lowest BCUT2D eigenvalue weighted by molar-refractivity contribution is 0.0953. The van der Waals surface area contributed by atoms with Gasteiger partial charge in [-0.15, -0.1) is 0 Å². The maximum Gasteiger partial charge on any atom is 0.251 e. The smallest absolute Gasteiger partial charge is 0.251 e. The van der Waals surface area contributed by atoms with Crippen LogP contribution in [0.1, 0.15) is 23.7 Å². The number of aromatic nitrogens is 3. The van der Waals surface area contributed by atoms with Crippen molar-refractivity contribution >= 4 is 5.91 Å². The number of benzene rings is 1. The second-order valence-electron chi connectivity index (χ2n) is 4.41. The van der Waals surface area contributed by atoms with Gasteiger partial charge in [-0.1, -0.05) is 6.07 Å². The minimum atomic E-state index is -0.109. The van der Waals surface area contributed by atoms with Crippen molar-refractivity contribution < 1.29 is 4.79 Å².